The minimum atomic E-state index is -0.149. The fourth-order valence-electron chi connectivity index (χ4n) is 2.95. The van der Waals surface area contributed by atoms with E-state index >= 15 is 0 Å². The Bertz CT molecular complexity index is 933. The number of carbonyl (C=O) groups is 1. The summed E-state index contributed by atoms with van der Waals surface area (Å²) in [5.74, 6) is 0.657. The Labute approximate surface area is 161 Å². The number of nitrogens with one attached hydrogen (secondary N) is 1. The molecule has 1 aliphatic heterocycles. The van der Waals surface area contributed by atoms with E-state index in [1.807, 2.05) is 42.6 Å². The van der Waals surface area contributed by atoms with Crippen LogP contribution in [-0.4, -0.2) is 42.2 Å². The molecule has 0 saturated carbocycles. The molecular formula is C20H20N4O2S. The van der Waals surface area contributed by atoms with Gasteiger partial charge in [-0.25, -0.2) is 9.97 Å². The third kappa shape index (κ3) is 4.15. The number of aromatic nitrogens is 2. The molecule has 0 aliphatic carbocycles. The molecule has 0 spiro atoms. The monoisotopic (exact) mass is 380 g/mol. The van der Waals surface area contributed by atoms with Crippen LogP contribution in [0, 0.1) is 6.92 Å². The molecule has 1 amide bonds. The highest BCUT2D eigenvalue weighted by molar-refractivity contribution is 7.09. The predicted molar refractivity (Wildman–Crippen MR) is 108 cm³/mol. The Morgan fingerprint density at radius 3 is 2.67 bits per heavy atom. The molecule has 1 saturated heterocycles. The summed E-state index contributed by atoms with van der Waals surface area (Å²) < 4.78 is 5.37. The highest BCUT2D eigenvalue weighted by Crippen LogP contribution is 2.23. The van der Waals surface area contributed by atoms with E-state index in [0.29, 0.717) is 18.8 Å². The van der Waals surface area contributed by atoms with Gasteiger partial charge in [-0.1, -0.05) is 12.1 Å². The number of amides is 1. The van der Waals surface area contributed by atoms with Gasteiger partial charge in [0.2, 0.25) is 0 Å². The number of nitrogens with zero attached hydrogens (tertiary/aromatic N) is 3. The molecule has 0 bridgehead atoms. The van der Waals surface area contributed by atoms with E-state index in [1.165, 1.54) is 0 Å². The first-order valence-corrected chi connectivity index (χ1v) is 9.70. The van der Waals surface area contributed by atoms with Gasteiger partial charge in [0.1, 0.15) is 5.82 Å². The highest BCUT2D eigenvalue weighted by atomic mass is 32.1. The van der Waals surface area contributed by atoms with Crippen LogP contribution in [0.3, 0.4) is 0 Å². The summed E-state index contributed by atoms with van der Waals surface area (Å²) in [4.78, 5) is 23.6. The number of rotatable bonds is 4. The van der Waals surface area contributed by atoms with E-state index in [1.54, 1.807) is 23.6 Å². The Balaban J connectivity index is 1.45. The van der Waals surface area contributed by atoms with Gasteiger partial charge >= 0.3 is 0 Å². The van der Waals surface area contributed by atoms with Crippen molar-refractivity contribution in [3.63, 3.8) is 0 Å². The van der Waals surface area contributed by atoms with E-state index in [4.69, 9.17) is 4.74 Å². The molecule has 3 aromatic rings. The lowest BCUT2D eigenvalue weighted by atomic mass is 10.1. The normalized spacial score (nSPS) is 14.2. The molecule has 0 unspecified atom stereocenters. The van der Waals surface area contributed by atoms with Gasteiger partial charge in [0.05, 0.1) is 23.9 Å². The lowest BCUT2D eigenvalue weighted by molar-refractivity contribution is 0.102. The number of thiazole rings is 1. The summed E-state index contributed by atoms with van der Waals surface area (Å²) in [6.45, 7) is 4.93. The van der Waals surface area contributed by atoms with Crippen molar-refractivity contribution in [2.75, 3.05) is 36.5 Å². The SMILES string of the molecule is Cc1nc(-c2ccc(NC(=O)c3ccnc(N4CCOCC4)c3)cc2)cs1. The summed E-state index contributed by atoms with van der Waals surface area (Å²) in [5, 5.41) is 6.02. The van der Waals surface area contributed by atoms with Crippen LogP contribution in [0.1, 0.15) is 15.4 Å². The van der Waals surface area contributed by atoms with Crippen molar-refractivity contribution >= 4 is 28.7 Å². The standard InChI is InChI=1S/C20H20N4O2S/c1-14-22-18(13-27-14)15-2-4-17(5-3-15)23-20(25)16-6-7-21-19(12-16)24-8-10-26-11-9-24/h2-7,12-13H,8-11H2,1H3,(H,23,25). The second-order valence-corrected chi connectivity index (χ2v) is 7.35. The number of ether oxygens (including phenoxy) is 1. The Hall–Kier alpha value is -2.77. The van der Waals surface area contributed by atoms with Crippen LogP contribution in [-0.2, 0) is 4.74 Å². The third-order valence-electron chi connectivity index (χ3n) is 4.40. The average Bonchev–Trinajstić information content (AvgIpc) is 3.16. The molecule has 3 heterocycles. The van der Waals surface area contributed by atoms with Crippen LogP contribution in [0.15, 0.2) is 48.0 Å². The van der Waals surface area contributed by atoms with Gasteiger partial charge in [0, 0.05) is 41.5 Å². The maximum atomic E-state index is 12.6. The second kappa shape index (κ2) is 7.85. The van der Waals surface area contributed by atoms with E-state index in [2.05, 4.69) is 20.2 Å². The lowest BCUT2D eigenvalue weighted by Crippen LogP contribution is -2.36. The van der Waals surface area contributed by atoms with Gasteiger partial charge in [0.25, 0.3) is 5.91 Å². The van der Waals surface area contributed by atoms with Crippen LogP contribution >= 0.6 is 11.3 Å². The zero-order chi connectivity index (χ0) is 18.6. The number of carbonyl (C=O) groups excluding carboxylic acids is 1. The van der Waals surface area contributed by atoms with Crippen LogP contribution in [0.4, 0.5) is 11.5 Å². The van der Waals surface area contributed by atoms with E-state index in [9.17, 15) is 4.79 Å². The van der Waals surface area contributed by atoms with Crippen molar-refractivity contribution in [2.24, 2.45) is 0 Å². The van der Waals surface area contributed by atoms with Crippen LogP contribution in [0.5, 0.6) is 0 Å². The van der Waals surface area contributed by atoms with Gasteiger partial charge < -0.3 is 15.0 Å². The molecule has 1 aliphatic rings. The molecule has 2 aromatic heterocycles. The van der Waals surface area contributed by atoms with Crippen LogP contribution in [0.25, 0.3) is 11.3 Å². The number of hydrogen-bond acceptors (Lipinski definition) is 6. The maximum absolute atomic E-state index is 12.6. The Morgan fingerprint density at radius 2 is 1.96 bits per heavy atom. The van der Waals surface area contributed by atoms with Crippen LogP contribution in [0.2, 0.25) is 0 Å². The number of aryl methyl sites for hydroxylation is 1. The molecule has 7 heteroatoms. The maximum Gasteiger partial charge on any atom is 0.255 e. The first kappa shape index (κ1) is 17.6. The first-order valence-electron chi connectivity index (χ1n) is 8.82. The summed E-state index contributed by atoms with van der Waals surface area (Å²) >= 11 is 1.63. The largest absolute Gasteiger partial charge is 0.378 e. The van der Waals surface area contributed by atoms with E-state index in [-0.39, 0.29) is 5.91 Å². The predicted octanol–water partition coefficient (Wildman–Crippen LogP) is 3.60. The fraction of sp³-hybridized carbons (Fsp3) is 0.250. The fourth-order valence-corrected chi connectivity index (χ4v) is 3.57. The van der Waals surface area contributed by atoms with Gasteiger partial charge in [0.15, 0.2) is 0 Å². The zero-order valence-electron chi connectivity index (χ0n) is 15.0. The van der Waals surface area contributed by atoms with Crippen molar-refractivity contribution in [3.05, 3.63) is 58.5 Å². The number of anilines is 2. The molecule has 0 atom stereocenters. The molecule has 0 radical (unpaired) electrons. The molecule has 6 nitrogen and oxygen atoms in total. The van der Waals surface area contributed by atoms with Gasteiger partial charge in [-0.15, -0.1) is 11.3 Å². The lowest BCUT2D eigenvalue weighted by Gasteiger charge is -2.27. The van der Waals surface area contributed by atoms with Gasteiger partial charge in [-0.3, -0.25) is 4.79 Å². The van der Waals surface area contributed by atoms with Crippen molar-refractivity contribution < 1.29 is 9.53 Å². The Kier molecular flexibility index (Phi) is 5.13. The van der Waals surface area contributed by atoms with Crippen LogP contribution < -0.4 is 10.2 Å². The quantitative estimate of drug-likeness (QED) is 0.749. The van der Waals surface area contributed by atoms with Gasteiger partial charge in [-0.2, -0.15) is 0 Å². The summed E-state index contributed by atoms with van der Waals surface area (Å²) in [6, 6.07) is 11.3. The molecular weight excluding hydrogens is 360 g/mol. The molecule has 4 rings (SSSR count). The second-order valence-electron chi connectivity index (χ2n) is 6.29. The number of pyridine rings is 1. The highest BCUT2D eigenvalue weighted by Gasteiger charge is 2.15. The van der Waals surface area contributed by atoms with Crippen molar-refractivity contribution in [1.82, 2.24) is 9.97 Å². The number of morpholine rings is 1. The molecule has 138 valence electrons. The topological polar surface area (TPSA) is 67.4 Å². The summed E-state index contributed by atoms with van der Waals surface area (Å²) in [6.07, 6.45) is 1.67. The molecule has 1 fully saturated rings. The van der Waals surface area contributed by atoms with E-state index in [0.717, 1.165) is 40.9 Å². The summed E-state index contributed by atoms with van der Waals surface area (Å²) in [5.41, 5.74) is 3.33. The number of hydrogen-bond donors (Lipinski definition) is 1. The zero-order valence-corrected chi connectivity index (χ0v) is 15.8. The number of benzene rings is 1. The molecule has 1 N–H and O–H groups in total. The Morgan fingerprint density at radius 1 is 1.19 bits per heavy atom. The summed E-state index contributed by atoms with van der Waals surface area (Å²) in [7, 11) is 0. The molecule has 1 aromatic carbocycles. The van der Waals surface area contributed by atoms with Crippen molar-refractivity contribution in [2.45, 2.75) is 6.92 Å². The minimum absolute atomic E-state index is 0.149. The first-order chi connectivity index (χ1) is 13.2. The third-order valence-corrected chi connectivity index (χ3v) is 5.17. The average molecular weight is 380 g/mol. The van der Waals surface area contributed by atoms with Crippen molar-refractivity contribution in [1.29, 1.82) is 0 Å². The van der Waals surface area contributed by atoms with Gasteiger partial charge in [-0.05, 0) is 31.2 Å². The van der Waals surface area contributed by atoms with Crippen molar-refractivity contribution in [3.8, 4) is 11.3 Å². The smallest absolute Gasteiger partial charge is 0.255 e. The minimum Gasteiger partial charge on any atom is -0.378 e. The van der Waals surface area contributed by atoms with E-state index < -0.39 is 0 Å². The molecule has 27 heavy (non-hydrogen) atoms.